The van der Waals surface area contributed by atoms with Crippen LogP contribution in [0.2, 0.25) is 0 Å². The maximum atomic E-state index is 5.90. The molecule has 0 atom stereocenters. The van der Waals surface area contributed by atoms with E-state index in [1.54, 1.807) is 19.5 Å². The van der Waals surface area contributed by atoms with Crippen LogP contribution in [-0.2, 0) is 0 Å². The Morgan fingerprint density at radius 3 is 2.63 bits per heavy atom. The number of nitrogen functional groups attached to an aromatic ring is 1. The standard InChI is InChI=1S/C15H13N3O/c1-19-14-6-5-10(9-18-14)11-3-2-4-13-12(11)7-8-17-15(13)16/h2-9H,1H3,(H2,16,17). The molecule has 0 fully saturated rings. The average molecular weight is 251 g/mol. The Hall–Kier alpha value is -2.62. The third kappa shape index (κ3) is 1.97. The van der Waals surface area contributed by atoms with Gasteiger partial charge in [-0.15, -0.1) is 0 Å². The number of anilines is 1. The molecule has 0 bridgehead atoms. The normalized spacial score (nSPS) is 10.6. The predicted molar refractivity (Wildman–Crippen MR) is 75.9 cm³/mol. The first-order valence-corrected chi connectivity index (χ1v) is 5.93. The fraction of sp³-hybridized carbons (Fsp3) is 0.0667. The highest BCUT2D eigenvalue weighted by Crippen LogP contribution is 2.30. The van der Waals surface area contributed by atoms with E-state index < -0.39 is 0 Å². The lowest BCUT2D eigenvalue weighted by Crippen LogP contribution is -1.92. The zero-order chi connectivity index (χ0) is 13.2. The molecule has 94 valence electrons. The van der Waals surface area contributed by atoms with Crippen molar-refractivity contribution in [3.05, 3.63) is 48.8 Å². The SMILES string of the molecule is COc1ccc(-c2cccc3c(N)nccc23)cn1. The number of aromatic nitrogens is 2. The highest BCUT2D eigenvalue weighted by Gasteiger charge is 2.06. The van der Waals surface area contributed by atoms with Gasteiger partial charge in [-0.1, -0.05) is 18.2 Å². The van der Waals surface area contributed by atoms with Gasteiger partial charge in [0.15, 0.2) is 0 Å². The van der Waals surface area contributed by atoms with Gasteiger partial charge in [-0.3, -0.25) is 0 Å². The molecule has 0 aliphatic heterocycles. The van der Waals surface area contributed by atoms with Crippen LogP contribution in [0.25, 0.3) is 21.9 Å². The lowest BCUT2D eigenvalue weighted by Gasteiger charge is -2.08. The summed E-state index contributed by atoms with van der Waals surface area (Å²) in [7, 11) is 1.60. The van der Waals surface area contributed by atoms with E-state index in [2.05, 4.69) is 9.97 Å². The summed E-state index contributed by atoms with van der Waals surface area (Å²) in [6, 6.07) is 11.8. The zero-order valence-corrected chi connectivity index (χ0v) is 10.5. The molecule has 3 aromatic rings. The van der Waals surface area contributed by atoms with Crippen LogP contribution in [0.1, 0.15) is 0 Å². The van der Waals surface area contributed by atoms with Gasteiger partial charge in [-0.05, 0) is 23.1 Å². The largest absolute Gasteiger partial charge is 0.481 e. The van der Waals surface area contributed by atoms with Gasteiger partial charge in [-0.2, -0.15) is 0 Å². The number of benzene rings is 1. The average Bonchev–Trinajstić information content (AvgIpc) is 2.47. The Kier molecular flexibility index (Phi) is 2.76. The summed E-state index contributed by atoms with van der Waals surface area (Å²) >= 11 is 0. The van der Waals surface area contributed by atoms with Crippen LogP contribution in [0, 0.1) is 0 Å². The van der Waals surface area contributed by atoms with Crippen LogP contribution >= 0.6 is 0 Å². The summed E-state index contributed by atoms with van der Waals surface area (Å²) in [5, 5.41) is 2.03. The van der Waals surface area contributed by atoms with E-state index in [4.69, 9.17) is 10.5 Å². The number of hydrogen-bond acceptors (Lipinski definition) is 4. The zero-order valence-electron chi connectivity index (χ0n) is 10.5. The maximum Gasteiger partial charge on any atom is 0.212 e. The van der Waals surface area contributed by atoms with Crippen molar-refractivity contribution in [2.45, 2.75) is 0 Å². The van der Waals surface area contributed by atoms with Gasteiger partial charge in [0.1, 0.15) is 5.82 Å². The Morgan fingerprint density at radius 1 is 1.00 bits per heavy atom. The monoisotopic (exact) mass is 251 g/mol. The summed E-state index contributed by atoms with van der Waals surface area (Å²) < 4.78 is 5.07. The number of ether oxygens (including phenoxy) is 1. The number of hydrogen-bond donors (Lipinski definition) is 1. The lowest BCUT2D eigenvalue weighted by molar-refractivity contribution is 0.398. The van der Waals surface area contributed by atoms with Crippen molar-refractivity contribution in [1.29, 1.82) is 0 Å². The van der Waals surface area contributed by atoms with E-state index in [9.17, 15) is 0 Å². The van der Waals surface area contributed by atoms with Gasteiger partial charge in [0.05, 0.1) is 7.11 Å². The third-order valence-electron chi connectivity index (χ3n) is 3.09. The number of nitrogens with two attached hydrogens (primary N) is 1. The van der Waals surface area contributed by atoms with Crippen molar-refractivity contribution in [2.24, 2.45) is 0 Å². The molecule has 2 heterocycles. The fourth-order valence-corrected chi connectivity index (χ4v) is 2.14. The summed E-state index contributed by atoms with van der Waals surface area (Å²) in [5.41, 5.74) is 8.01. The smallest absolute Gasteiger partial charge is 0.212 e. The van der Waals surface area contributed by atoms with Gasteiger partial charge in [0.2, 0.25) is 5.88 Å². The Balaban J connectivity index is 2.21. The van der Waals surface area contributed by atoms with E-state index >= 15 is 0 Å². The molecule has 0 aliphatic carbocycles. The lowest BCUT2D eigenvalue weighted by atomic mass is 10.0. The van der Waals surface area contributed by atoms with E-state index in [0.717, 1.165) is 21.9 Å². The van der Waals surface area contributed by atoms with Crippen LogP contribution in [-0.4, -0.2) is 17.1 Å². The first-order chi connectivity index (χ1) is 9.29. The number of rotatable bonds is 2. The van der Waals surface area contributed by atoms with Crippen molar-refractivity contribution in [2.75, 3.05) is 12.8 Å². The molecule has 4 heteroatoms. The topological polar surface area (TPSA) is 61.0 Å². The summed E-state index contributed by atoms with van der Waals surface area (Å²) in [6.07, 6.45) is 3.52. The summed E-state index contributed by atoms with van der Waals surface area (Å²) in [4.78, 5) is 8.35. The van der Waals surface area contributed by atoms with Crippen molar-refractivity contribution >= 4 is 16.6 Å². The third-order valence-corrected chi connectivity index (χ3v) is 3.09. The van der Waals surface area contributed by atoms with E-state index in [0.29, 0.717) is 11.7 Å². The molecule has 0 spiro atoms. The molecule has 0 amide bonds. The molecular formula is C15H13N3O. The number of fused-ring (bicyclic) bond motifs is 1. The molecule has 0 saturated carbocycles. The van der Waals surface area contributed by atoms with E-state index in [-0.39, 0.29) is 0 Å². The van der Waals surface area contributed by atoms with Gasteiger partial charge in [0, 0.05) is 29.4 Å². The molecule has 3 rings (SSSR count). The second-order valence-corrected chi connectivity index (χ2v) is 4.19. The van der Waals surface area contributed by atoms with Gasteiger partial charge < -0.3 is 10.5 Å². The molecule has 0 radical (unpaired) electrons. The van der Waals surface area contributed by atoms with E-state index in [1.165, 1.54) is 0 Å². The number of pyridine rings is 2. The molecule has 0 aliphatic rings. The van der Waals surface area contributed by atoms with Gasteiger partial charge in [0.25, 0.3) is 0 Å². The maximum absolute atomic E-state index is 5.90. The van der Waals surface area contributed by atoms with Gasteiger partial charge >= 0.3 is 0 Å². The first-order valence-electron chi connectivity index (χ1n) is 5.93. The Labute approximate surface area is 110 Å². The summed E-state index contributed by atoms with van der Waals surface area (Å²) in [5.74, 6) is 1.14. The first kappa shape index (κ1) is 11.5. The summed E-state index contributed by atoms with van der Waals surface area (Å²) in [6.45, 7) is 0. The van der Waals surface area contributed by atoms with Crippen LogP contribution in [0.4, 0.5) is 5.82 Å². The highest BCUT2D eigenvalue weighted by molar-refractivity contribution is 6.01. The molecule has 2 aromatic heterocycles. The van der Waals surface area contributed by atoms with Crippen molar-refractivity contribution < 1.29 is 4.74 Å². The molecule has 1 aromatic carbocycles. The van der Waals surface area contributed by atoms with Crippen molar-refractivity contribution in [3.8, 4) is 17.0 Å². The van der Waals surface area contributed by atoms with Gasteiger partial charge in [-0.25, -0.2) is 9.97 Å². The second-order valence-electron chi connectivity index (χ2n) is 4.19. The Bertz CT molecular complexity index is 723. The van der Waals surface area contributed by atoms with Crippen LogP contribution in [0.3, 0.4) is 0 Å². The van der Waals surface area contributed by atoms with E-state index in [1.807, 2.05) is 36.4 Å². The molecule has 0 unspecified atom stereocenters. The Morgan fingerprint density at radius 2 is 1.89 bits per heavy atom. The van der Waals surface area contributed by atoms with Crippen LogP contribution < -0.4 is 10.5 Å². The number of nitrogens with zero attached hydrogens (tertiary/aromatic N) is 2. The quantitative estimate of drug-likeness (QED) is 0.760. The number of methoxy groups -OCH3 is 1. The highest BCUT2D eigenvalue weighted by atomic mass is 16.5. The molecule has 2 N–H and O–H groups in total. The molecule has 4 nitrogen and oxygen atoms in total. The van der Waals surface area contributed by atoms with Crippen molar-refractivity contribution in [3.63, 3.8) is 0 Å². The predicted octanol–water partition coefficient (Wildman–Crippen LogP) is 2.89. The van der Waals surface area contributed by atoms with Crippen molar-refractivity contribution in [1.82, 2.24) is 9.97 Å². The minimum atomic E-state index is 0.542. The second kappa shape index (κ2) is 4.57. The minimum Gasteiger partial charge on any atom is -0.481 e. The van der Waals surface area contributed by atoms with Crippen LogP contribution in [0.15, 0.2) is 48.8 Å². The molecular weight excluding hydrogens is 238 g/mol. The molecule has 19 heavy (non-hydrogen) atoms. The molecule has 0 saturated heterocycles. The van der Waals surface area contributed by atoms with Crippen LogP contribution in [0.5, 0.6) is 5.88 Å². The fourth-order valence-electron chi connectivity index (χ4n) is 2.14. The minimum absolute atomic E-state index is 0.542.